The fourth-order valence-corrected chi connectivity index (χ4v) is 2.09. The molecule has 2 aromatic rings. The number of amides is 2. The molecule has 114 valence electrons. The Hall–Kier alpha value is -2.01. The molecule has 1 heterocycles. The summed E-state index contributed by atoms with van der Waals surface area (Å²) in [6.07, 6.45) is 0.889. The Morgan fingerprint density at radius 3 is 2.86 bits per heavy atom. The summed E-state index contributed by atoms with van der Waals surface area (Å²) < 4.78 is 5.71. The summed E-state index contributed by atoms with van der Waals surface area (Å²) in [4.78, 5) is 11.8. The lowest BCUT2D eigenvalue weighted by atomic mass is 10.2. The fraction of sp³-hybridized carbons (Fsp3) is 0.438. The Labute approximate surface area is 124 Å². The van der Waals surface area contributed by atoms with Crippen LogP contribution in [0.25, 0.3) is 11.0 Å². The molecule has 5 nitrogen and oxygen atoms in total. The van der Waals surface area contributed by atoms with Gasteiger partial charge in [0.1, 0.15) is 11.3 Å². The van der Waals surface area contributed by atoms with Gasteiger partial charge in [-0.25, -0.2) is 4.79 Å². The van der Waals surface area contributed by atoms with Crippen molar-refractivity contribution in [1.29, 1.82) is 0 Å². The number of urea groups is 1. The van der Waals surface area contributed by atoms with Crippen LogP contribution in [0.15, 0.2) is 34.7 Å². The highest BCUT2D eigenvalue weighted by atomic mass is 16.3. The van der Waals surface area contributed by atoms with Crippen LogP contribution in [0.3, 0.4) is 0 Å². The zero-order valence-electron chi connectivity index (χ0n) is 12.4. The monoisotopic (exact) mass is 290 g/mol. The van der Waals surface area contributed by atoms with Crippen molar-refractivity contribution in [3.05, 3.63) is 36.1 Å². The highest BCUT2D eigenvalue weighted by molar-refractivity contribution is 5.78. The lowest BCUT2D eigenvalue weighted by Crippen LogP contribution is -2.38. The van der Waals surface area contributed by atoms with Gasteiger partial charge < -0.3 is 20.2 Å². The van der Waals surface area contributed by atoms with Crippen molar-refractivity contribution in [3.8, 4) is 0 Å². The van der Waals surface area contributed by atoms with Crippen LogP contribution in [0.5, 0.6) is 0 Å². The zero-order valence-corrected chi connectivity index (χ0v) is 12.4. The van der Waals surface area contributed by atoms with Crippen molar-refractivity contribution in [1.82, 2.24) is 10.6 Å². The van der Waals surface area contributed by atoms with Gasteiger partial charge in [-0.3, -0.25) is 0 Å². The average molecular weight is 290 g/mol. The first-order chi connectivity index (χ1) is 10.1. The summed E-state index contributed by atoms with van der Waals surface area (Å²) in [6, 6.07) is 9.20. The number of fused-ring (bicyclic) bond motifs is 1. The molecule has 0 aliphatic carbocycles. The molecule has 3 N–H and O–H groups in total. The molecule has 2 amide bonds. The number of benzene rings is 1. The minimum atomic E-state index is -0.363. The van der Waals surface area contributed by atoms with E-state index in [4.69, 9.17) is 4.42 Å². The first kappa shape index (κ1) is 15.4. The smallest absolute Gasteiger partial charge is 0.315 e. The lowest BCUT2D eigenvalue weighted by Gasteiger charge is -2.13. The summed E-state index contributed by atoms with van der Waals surface area (Å²) in [5.41, 5.74) is 0.813. The molecular formula is C16H22N2O3. The third-order valence-electron chi connectivity index (χ3n) is 3.45. The molecule has 0 bridgehead atoms. The summed E-state index contributed by atoms with van der Waals surface area (Å²) in [5, 5.41) is 16.0. The third kappa shape index (κ3) is 4.23. The van der Waals surface area contributed by atoms with Crippen LogP contribution < -0.4 is 10.6 Å². The minimum absolute atomic E-state index is 0.214. The van der Waals surface area contributed by atoms with Gasteiger partial charge in [0.15, 0.2) is 0 Å². The quantitative estimate of drug-likeness (QED) is 0.765. The third-order valence-corrected chi connectivity index (χ3v) is 3.45. The molecule has 5 heteroatoms. The molecule has 0 fully saturated rings. The van der Waals surface area contributed by atoms with E-state index in [0.717, 1.165) is 16.7 Å². The Morgan fingerprint density at radius 1 is 1.38 bits per heavy atom. The van der Waals surface area contributed by atoms with Crippen molar-refractivity contribution in [2.45, 2.75) is 38.8 Å². The van der Waals surface area contributed by atoms with E-state index in [9.17, 15) is 9.90 Å². The van der Waals surface area contributed by atoms with E-state index in [2.05, 4.69) is 10.6 Å². The van der Waals surface area contributed by atoms with E-state index in [0.29, 0.717) is 19.4 Å². The van der Waals surface area contributed by atoms with Gasteiger partial charge in [0, 0.05) is 11.9 Å². The zero-order chi connectivity index (χ0) is 15.2. The van der Waals surface area contributed by atoms with Gasteiger partial charge in [0.05, 0.1) is 12.1 Å². The van der Waals surface area contributed by atoms with E-state index in [-0.39, 0.29) is 18.2 Å². The van der Waals surface area contributed by atoms with Crippen molar-refractivity contribution < 1.29 is 14.3 Å². The van der Waals surface area contributed by atoms with E-state index < -0.39 is 0 Å². The topological polar surface area (TPSA) is 74.5 Å². The highest BCUT2D eigenvalue weighted by Crippen LogP contribution is 2.23. The van der Waals surface area contributed by atoms with Crippen LogP contribution >= 0.6 is 0 Å². The normalized spacial score (nSPS) is 13.9. The van der Waals surface area contributed by atoms with Crippen LogP contribution in [0.4, 0.5) is 4.79 Å². The number of hydrogen-bond acceptors (Lipinski definition) is 3. The molecule has 2 rings (SSSR count). The number of aliphatic hydroxyl groups excluding tert-OH is 1. The molecule has 0 aliphatic rings. The lowest BCUT2D eigenvalue weighted by molar-refractivity contribution is 0.160. The summed E-state index contributed by atoms with van der Waals surface area (Å²) in [6.45, 7) is 4.24. The second-order valence-electron chi connectivity index (χ2n) is 5.16. The molecule has 0 saturated heterocycles. The van der Waals surface area contributed by atoms with Gasteiger partial charge >= 0.3 is 6.03 Å². The molecule has 0 spiro atoms. The maximum Gasteiger partial charge on any atom is 0.315 e. The summed E-state index contributed by atoms with van der Waals surface area (Å²) >= 11 is 0. The molecule has 21 heavy (non-hydrogen) atoms. The maximum absolute atomic E-state index is 11.8. The van der Waals surface area contributed by atoms with Gasteiger partial charge in [0.2, 0.25) is 0 Å². The van der Waals surface area contributed by atoms with Crippen LogP contribution in [-0.2, 0) is 0 Å². The van der Waals surface area contributed by atoms with Crippen LogP contribution in [-0.4, -0.2) is 23.8 Å². The molecular weight excluding hydrogens is 268 g/mol. The first-order valence-electron chi connectivity index (χ1n) is 7.31. The van der Waals surface area contributed by atoms with Gasteiger partial charge in [0.25, 0.3) is 0 Å². The van der Waals surface area contributed by atoms with Crippen LogP contribution in [0.2, 0.25) is 0 Å². The molecule has 2 atom stereocenters. The van der Waals surface area contributed by atoms with Crippen molar-refractivity contribution in [2.24, 2.45) is 0 Å². The van der Waals surface area contributed by atoms with Crippen LogP contribution in [0.1, 0.15) is 38.5 Å². The maximum atomic E-state index is 11.8. The second-order valence-corrected chi connectivity index (χ2v) is 5.16. The largest absolute Gasteiger partial charge is 0.459 e. The molecule has 2 unspecified atom stereocenters. The van der Waals surface area contributed by atoms with E-state index in [1.165, 1.54) is 0 Å². The average Bonchev–Trinajstić information content (AvgIpc) is 2.91. The summed E-state index contributed by atoms with van der Waals surface area (Å²) in [7, 11) is 0. The predicted molar refractivity (Wildman–Crippen MR) is 82.1 cm³/mol. The Bertz CT molecular complexity index is 561. The van der Waals surface area contributed by atoms with E-state index in [1.54, 1.807) is 0 Å². The Balaban J connectivity index is 1.85. The molecule has 0 aliphatic heterocycles. The number of carbonyl (C=O) groups excluding carboxylic acids is 1. The van der Waals surface area contributed by atoms with Gasteiger partial charge in [-0.1, -0.05) is 25.1 Å². The molecule has 0 saturated carbocycles. The molecule has 1 aromatic carbocycles. The van der Waals surface area contributed by atoms with Gasteiger partial charge in [-0.05, 0) is 31.9 Å². The van der Waals surface area contributed by atoms with Crippen molar-refractivity contribution in [3.63, 3.8) is 0 Å². The highest BCUT2D eigenvalue weighted by Gasteiger charge is 2.14. The second kappa shape index (κ2) is 7.13. The van der Waals surface area contributed by atoms with E-state index in [1.807, 2.05) is 44.2 Å². The number of furan rings is 1. The van der Waals surface area contributed by atoms with E-state index >= 15 is 0 Å². The van der Waals surface area contributed by atoms with Crippen LogP contribution in [0, 0.1) is 0 Å². The summed E-state index contributed by atoms with van der Waals surface area (Å²) in [5.74, 6) is 0.722. The number of para-hydroxylation sites is 1. The van der Waals surface area contributed by atoms with Gasteiger partial charge in [-0.15, -0.1) is 0 Å². The SMILES string of the molecule is CCC(O)CCNC(=O)NC(C)c1cc2ccccc2o1. The minimum Gasteiger partial charge on any atom is -0.459 e. The standard InChI is InChI=1S/C16H22N2O3/c1-3-13(19)8-9-17-16(20)18-11(2)15-10-12-6-4-5-7-14(12)21-15/h4-7,10-11,13,19H,3,8-9H2,1-2H3,(H2,17,18,20). The van der Waals surface area contributed by atoms with Crippen molar-refractivity contribution >= 4 is 17.0 Å². The molecule has 1 aromatic heterocycles. The van der Waals surface area contributed by atoms with Gasteiger partial charge in [-0.2, -0.15) is 0 Å². The van der Waals surface area contributed by atoms with Crippen molar-refractivity contribution in [2.75, 3.05) is 6.54 Å². The fourth-order valence-electron chi connectivity index (χ4n) is 2.09. The Morgan fingerprint density at radius 2 is 2.14 bits per heavy atom. The molecule has 0 radical (unpaired) electrons. The number of rotatable bonds is 6. The Kier molecular flexibility index (Phi) is 5.22. The number of aliphatic hydroxyl groups is 1. The number of hydrogen-bond donors (Lipinski definition) is 3. The first-order valence-corrected chi connectivity index (χ1v) is 7.31. The number of carbonyl (C=O) groups is 1. The number of nitrogens with one attached hydrogen (secondary N) is 2. The predicted octanol–water partition coefficient (Wildman–Crippen LogP) is 2.95.